The normalized spacial score (nSPS) is 11.7. The Hall–Kier alpha value is -2.09. The molecule has 1 heterocycles. The Labute approximate surface area is 127 Å². The molecule has 1 unspecified atom stereocenters. The molecule has 0 fully saturated rings. The van der Waals surface area contributed by atoms with Crippen molar-refractivity contribution in [2.24, 2.45) is 5.92 Å². The van der Waals surface area contributed by atoms with Gasteiger partial charge in [0.15, 0.2) is 0 Å². The molecule has 21 heavy (non-hydrogen) atoms. The number of benzene rings is 2. The second-order valence-electron chi connectivity index (χ2n) is 5.02. The van der Waals surface area contributed by atoms with Crippen molar-refractivity contribution in [3.8, 4) is 0 Å². The van der Waals surface area contributed by atoms with Crippen molar-refractivity contribution in [3.63, 3.8) is 0 Å². The Bertz CT molecular complexity index is 701. The monoisotopic (exact) mass is 283 g/mol. The minimum atomic E-state index is 0. The fourth-order valence-electron chi connectivity index (χ4n) is 2.55. The number of carbonyl (C=O) groups excluding carboxylic acids is 1. The molecule has 0 bridgehead atoms. The van der Waals surface area contributed by atoms with Crippen LogP contribution in [-0.4, -0.2) is 10.5 Å². The lowest BCUT2D eigenvalue weighted by Gasteiger charge is -2.10. The highest BCUT2D eigenvalue weighted by Gasteiger charge is 2.18. The molecule has 0 aliphatic carbocycles. The third-order valence-electron chi connectivity index (χ3n) is 3.83. The van der Waals surface area contributed by atoms with Gasteiger partial charge in [-0.05, 0) is 18.6 Å². The van der Waals surface area contributed by atoms with Crippen LogP contribution in [0.3, 0.4) is 0 Å². The summed E-state index contributed by atoms with van der Waals surface area (Å²) in [5, 5.41) is 2.30. The molecule has 0 spiro atoms. The highest BCUT2D eigenvalue weighted by atomic mass is 16.2. The topological polar surface area (TPSA) is 22.0 Å². The summed E-state index contributed by atoms with van der Waals surface area (Å²) in [5.41, 5.74) is 2.02. The maximum atomic E-state index is 12.6. The van der Waals surface area contributed by atoms with Gasteiger partial charge in [0.2, 0.25) is 5.91 Å². The van der Waals surface area contributed by atoms with Gasteiger partial charge in [0, 0.05) is 16.7 Å². The summed E-state index contributed by atoms with van der Waals surface area (Å²) in [6, 6.07) is 16.2. The van der Waals surface area contributed by atoms with E-state index in [-0.39, 0.29) is 26.7 Å². The molecular formula is C19H25NO. The Morgan fingerprint density at radius 3 is 1.81 bits per heavy atom. The molecule has 0 saturated heterocycles. The van der Waals surface area contributed by atoms with Gasteiger partial charge in [-0.15, -0.1) is 0 Å². The first-order valence-corrected chi connectivity index (χ1v) is 6.76. The average molecular weight is 283 g/mol. The molecule has 0 N–H and O–H groups in total. The van der Waals surface area contributed by atoms with Crippen molar-refractivity contribution < 1.29 is 4.79 Å². The van der Waals surface area contributed by atoms with Crippen LogP contribution in [0, 0.1) is 5.92 Å². The fraction of sp³-hybridized carbons (Fsp3) is 0.316. The summed E-state index contributed by atoms with van der Waals surface area (Å²) in [6.07, 6.45) is 0.861. The lowest BCUT2D eigenvalue weighted by molar-refractivity contribution is 0.0853. The lowest BCUT2D eigenvalue weighted by atomic mass is 10.1. The van der Waals surface area contributed by atoms with E-state index in [1.54, 1.807) is 0 Å². The van der Waals surface area contributed by atoms with Gasteiger partial charge in [-0.3, -0.25) is 9.36 Å². The zero-order valence-electron chi connectivity index (χ0n) is 11.3. The van der Waals surface area contributed by atoms with Crippen LogP contribution in [-0.2, 0) is 0 Å². The van der Waals surface area contributed by atoms with Gasteiger partial charge in [0.1, 0.15) is 0 Å². The molecule has 0 aliphatic rings. The number of hydrogen-bond acceptors (Lipinski definition) is 1. The van der Waals surface area contributed by atoms with Crippen molar-refractivity contribution in [1.29, 1.82) is 0 Å². The van der Waals surface area contributed by atoms with Crippen LogP contribution in [0.1, 0.15) is 39.9 Å². The second-order valence-corrected chi connectivity index (χ2v) is 5.02. The molecule has 2 heteroatoms. The van der Waals surface area contributed by atoms with Gasteiger partial charge in [0.25, 0.3) is 0 Å². The van der Waals surface area contributed by atoms with Gasteiger partial charge in [-0.2, -0.15) is 0 Å². The molecule has 0 saturated carbocycles. The molecule has 2 aromatic carbocycles. The summed E-state index contributed by atoms with van der Waals surface area (Å²) in [5.74, 6) is 0.221. The maximum absolute atomic E-state index is 12.6. The zero-order chi connectivity index (χ0) is 13.4. The molecule has 3 rings (SSSR count). The first-order chi connectivity index (χ1) is 9.24. The number of para-hydroxylation sites is 2. The van der Waals surface area contributed by atoms with E-state index in [0.29, 0.717) is 0 Å². The number of nitrogens with zero attached hydrogens (tertiary/aromatic N) is 1. The first-order valence-electron chi connectivity index (χ1n) is 6.76. The van der Waals surface area contributed by atoms with Gasteiger partial charge in [-0.1, -0.05) is 65.1 Å². The van der Waals surface area contributed by atoms with Crippen molar-refractivity contribution in [2.45, 2.75) is 35.1 Å². The van der Waals surface area contributed by atoms with Gasteiger partial charge in [-0.25, -0.2) is 0 Å². The zero-order valence-corrected chi connectivity index (χ0v) is 11.3. The van der Waals surface area contributed by atoms with E-state index in [1.165, 1.54) is 0 Å². The fourth-order valence-corrected chi connectivity index (χ4v) is 2.55. The minimum Gasteiger partial charge on any atom is -0.280 e. The van der Waals surface area contributed by atoms with Crippen molar-refractivity contribution in [1.82, 2.24) is 4.57 Å². The number of fused-ring (bicyclic) bond motifs is 3. The predicted octanol–water partition coefficient (Wildman–Crippen LogP) is 5.75. The number of carbonyl (C=O) groups is 1. The SMILES string of the molecule is C.C.CCC(C)C(=O)n1c2ccccc2c2ccccc21. The summed E-state index contributed by atoms with van der Waals surface area (Å²) in [7, 11) is 0. The van der Waals surface area contributed by atoms with Crippen LogP contribution in [0.2, 0.25) is 0 Å². The largest absolute Gasteiger partial charge is 0.280 e. The summed E-state index contributed by atoms with van der Waals surface area (Å²) >= 11 is 0. The molecule has 3 aromatic rings. The van der Waals surface area contributed by atoms with E-state index in [1.807, 2.05) is 47.9 Å². The molecular weight excluding hydrogens is 258 g/mol. The predicted molar refractivity (Wildman–Crippen MR) is 93.0 cm³/mol. The minimum absolute atomic E-state index is 0. The maximum Gasteiger partial charge on any atom is 0.234 e. The number of rotatable bonds is 2. The molecule has 2 nitrogen and oxygen atoms in total. The third kappa shape index (κ3) is 2.58. The van der Waals surface area contributed by atoms with E-state index in [9.17, 15) is 4.79 Å². The highest BCUT2D eigenvalue weighted by Crippen LogP contribution is 2.29. The van der Waals surface area contributed by atoms with Crippen molar-refractivity contribution in [3.05, 3.63) is 48.5 Å². The van der Waals surface area contributed by atoms with Crippen LogP contribution in [0.25, 0.3) is 21.8 Å². The Morgan fingerprint density at radius 2 is 1.38 bits per heavy atom. The molecule has 0 radical (unpaired) electrons. The summed E-state index contributed by atoms with van der Waals surface area (Å²) in [4.78, 5) is 12.6. The number of hydrogen-bond donors (Lipinski definition) is 0. The third-order valence-corrected chi connectivity index (χ3v) is 3.83. The van der Waals surface area contributed by atoms with Gasteiger partial charge in [0.05, 0.1) is 11.0 Å². The molecule has 1 aromatic heterocycles. The summed E-state index contributed by atoms with van der Waals surface area (Å²) < 4.78 is 1.87. The average Bonchev–Trinajstić information content (AvgIpc) is 2.80. The van der Waals surface area contributed by atoms with E-state index in [2.05, 4.69) is 19.1 Å². The van der Waals surface area contributed by atoms with Crippen LogP contribution < -0.4 is 0 Å². The van der Waals surface area contributed by atoms with Crippen LogP contribution in [0.4, 0.5) is 0 Å². The van der Waals surface area contributed by atoms with Crippen molar-refractivity contribution >= 4 is 27.7 Å². The molecule has 1 atom stereocenters. The van der Waals surface area contributed by atoms with E-state index in [4.69, 9.17) is 0 Å². The highest BCUT2D eigenvalue weighted by molar-refractivity contribution is 6.13. The standard InChI is InChI=1S/C17H17NO.2CH4/c1-3-12(2)17(19)18-15-10-6-4-8-13(15)14-9-5-7-11-16(14)18;;/h4-12H,3H2,1-2H3;2*1H4. The van der Waals surface area contributed by atoms with E-state index >= 15 is 0 Å². The van der Waals surface area contributed by atoms with Crippen molar-refractivity contribution in [2.75, 3.05) is 0 Å². The Morgan fingerprint density at radius 1 is 0.952 bits per heavy atom. The van der Waals surface area contributed by atoms with Gasteiger partial charge < -0.3 is 0 Å². The van der Waals surface area contributed by atoms with Crippen LogP contribution in [0.15, 0.2) is 48.5 Å². The molecule has 0 aliphatic heterocycles. The van der Waals surface area contributed by atoms with E-state index < -0.39 is 0 Å². The summed E-state index contributed by atoms with van der Waals surface area (Å²) in [6.45, 7) is 4.04. The van der Waals surface area contributed by atoms with Crippen LogP contribution in [0.5, 0.6) is 0 Å². The van der Waals surface area contributed by atoms with E-state index in [0.717, 1.165) is 28.2 Å². The van der Waals surface area contributed by atoms with Gasteiger partial charge >= 0.3 is 0 Å². The first kappa shape index (κ1) is 17.0. The molecule has 112 valence electrons. The Balaban J connectivity index is 0.00000110. The lowest BCUT2D eigenvalue weighted by Crippen LogP contribution is -2.18. The molecule has 0 amide bonds. The number of aromatic nitrogens is 1. The smallest absolute Gasteiger partial charge is 0.234 e. The Kier molecular flexibility index (Phi) is 5.31. The second kappa shape index (κ2) is 6.57. The van der Waals surface area contributed by atoms with Crippen LogP contribution >= 0.6 is 0 Å². The quantitative estimate of drug-likeness (QED) is 0.586.